The van der Waals surface area contributed by atoms with Gasteiger partial charge in [0.2, 0.25) is 5.91 Å². The van der Waals surface area contributed by atoms with Crippen LogP contribution in [0.4, 0.5) is 11.4 Å². The molecule has 4 rings (SSSR count). The van der Waals surface area contributed by atoms with Gasteiger partial charge in [0.1, 0.15) is 0 Å². The lowest BCUT2D eigenvalue weighted by Crippen LogP contribution is -2.37. The maximum absolute atomic E-state index is 12.6. The summed E-state index contributed by atoms with van der Waals surface area (Å²) in [4.78, 5) is 15.0. The van der Waals surface area contributed by atoms with Gasteiger partial charge >= 0.3 is 0 Å². The Labute approximate surface area is 149 Å². The minimum absolute atomic E-state index is 0.0781. The standard InChI is InChI=1S/C21H25N3O/c25-21(17-8-5-12-22-14-17)23-19-9-3-1-7-18(19)15-24-13-11-16-6-2-4-10-20(16)24/h1-4,6-7,9-10,17,22H,5,8,11-15H2,(H,23,25). The number of amides is 1. The van der Waals surface area contributed by atoms with E-state index < -0.39 is 0 Å². The van der Waals surface area contributed by atoms with E-state index in [0.29, 0.717) is 0 Å². The number of carbonyl (C=O) groups is 1. The number of hydrogen-bond acceptors (Lipinski definition) is 3. The molecule has 1 amide bonds. The summed E-state index contributed by atoms with van der Waals surface area (Å²) in [5.41, 5.74) is 4.86. The molecule has 0 saturated carbocycles. The molecule has 1 unspecified atom stereocenters. The number of anilines is 2. The molecule has 0 aromatic heterocycles. The Balaban J connectivity index is 1.49. The summed E-state index contributed by atoms with van der Waals surface area (Å²) >= 11 is 0. The smallest absolute Gasteiger partial charge is 0.228 e. The SMILES string of the molecule is O=C(Nc1ccccc1CN1CCc2ccccc21)C1CCCNC1. The van der Waals surface area contributed by atoms with E-state index >= 15 is 0 Å². The second-order valence-electron chi connectivity index (χ2n) is 6.99. The third kappa shape index (κ3) is 3.54. The Morgan fingerprint density at radius 3 is 2.88 bits per heavy atom. The molecule has 2 aromatic rings. The van der Waals surface area contributed by atoms with Gasteiger partial charge in [-0.25, -0.2) is 0 Å². The number of carbonyl (C=O) groups excluding carboxylic acids is 1. The summed E-state index contributed by atoms with van der Waals surface area (Å²) in [7, 11) is 0. The minimum Gasteiger partial charge on any atom is -0.367 e. The van der Waals surface area contributed by atoms with Crippen molar-refractivity contribution < 1.29 is 4.79 Å². The Morgan fingerprint density at radius 1 is 1.16 bits per heavy atom. The van der Waals surface area contributed by atoms with Crippen molar-refractivity contribution in [1.82, 2.24) is 5.32 Å². The van der Waals surface area contributed by atoms with E-state index in [4.69, 9.17) is 0 Å². The molecule has 4 nitrogen and oxygen atoms in total. The molecule has 2 aliphatic rings. The summed E-state index contributed by atoms with van der Waals surface area (Å²) in [5.74, 6) is 0.218. The quantitative estimate of drug-likeness (QED) is 0.902. The largest absolute Gasteiger partial charge is 0.367 e. The number of rotatable bonds is 4. The van der Waals surface area contributed by atoms with Gasteiger partial charge in [-0.3, -0.25) is 4.79 Å². The highest BCUT2D eigenvalue weighted by Gasteiger charge is 2.23. The van der Waals surface area contributed by atoms with E-state index in [1.165, 1.54) is 16.8 Å². The van der Waals surface area contributed by atoms with Gasteiger partial charge in [-0.1, -0.05) is 36.4 Å². The molecule has 25 heavy (non-hydrogen) atoms. The van der Waals surface area contributed by atoms with Crippen molar-refractivity contribution in [3.8, 4) is 0 Å². The number of benzene rings is 2. The second kappa shape index (κ2) is 7.28. The molecule has 2 heterocycles. The molecule has 2 aliphatic heterocycles. The maximum atomic E-state index is 12.6. The van der Waals surface area contributed by atoms with E-state index in [9.17, 15) is 4.79 Å². The van der Waals surface area contributed by atoms with E-state index in [-0.39, 0.29) is 11.8 Å². The average molecular weight is 335 g/mol. The molecule has 4 heteroatoms. The van der Waals surface area contributed by atoms with Gasteiger partial charge in [0, 0.05) is 31.0 Å². The lowest BCUT2D eigenvalue weighted by Gasteiger charge is -2.24. The number of para-hydroxylation sites is 2. The van der Waals surface area contributed by atoms with Crippen molar-refractivity contribution in [2.24, 2.45) is 5.92 Å². The first-order valence-corrected chi connectivity index (χ1v) is 9.23. The Hall–Kier alpha value is -2.33. The molecular weight excluding hydrogens is 310 g/mol. The fourth-order valence-electron chi connectivity index (χ4n) is 3.87. The third-order valence-corrected chi connectivity index (χ3v) is 5.29. The summed E-state index contributed by atoms with van der Waals surface area (Å²) in [6.45, 7) is 3.67. The zero-order valence-electron chi connectivity index (χ0n) is 14.5. The first-order chi connectivity index (χ1) is 12.3. The second-order valence-corrected chi connectivity index (χ2v) is 6.99. The number of nitrogens with zero attached hydrogens (tertiary/aromatic N) is 1. The van der Waals surface area contributed by atoms with Gasteiger partial charge in [-0.15, -0.1) is 0 Å². The molecule has 0 spiro atoms. The zero-order valence-corrected chi connectivity index (χ0v) is 14.5. The monoisotopic (exact) mass is 335 g/mol. The molecule has 2 N–H and O–H groups in total. The van der Waals surface area contributed by atoms with Crippen molar-refractivity contribution in [2.75, 3.05) is 29.9 Å². The van der Waals surface area contributed by atoms with Crippen molar-refractivity contribution in [3.05, 3.63) is 59.7 Å². The van der Waals surface area contributed by atoms with Crippen LogP contribution >= 0.6 is 0 Å². The highest BCUT2D eigenvalue weighted by Crippen LogP contribution is 2.30. The van der Waals surface area contributed by atoms with Crippen LogP contribution in [0, 0.1) is 5.92 Å². The van der Waals surface area contributed by atoms with Crippen LogP contribution in [0.1, 0.15) is 24.0 Å². The lowest BCUT2D eigenvalue weighted by atomic mass is 9.98. The topological polar surface area (TPSA) is 44.4 Å². The molecular formula is C21H25N3O. The van der Waals surface area contributed by atoms with Crippen LogP contribution in [0.2, 0.25) is 0 Å². The molecule has 0 aliphatic carbocycles. The predicted octanol–water partition coefficient (Wildman–Crippen LogP) is 3.19. The van der Waals surface area contributed by atoms with E-state index in [1.54, 1.807) is 0 Å². The third-order valence-electron chi connectivity index (χ3n) is 5.29. The van der Waals surface area contributed by atoms with Gasteiger partial charge in [-0.05, 0) is 49.1 Å². The Morgan fingerprint density at radius 2 is 2.00 bits per heavy atom. The molecule has 0 radical (unpaired) electrons. The summed E-state index contributed by atoms with van der Waals surface area (Å²) in [5, 5.41) is 6.49. The summed E-state index contributed by atoms with van der Waals surface area (Å²) in [6, 6.07) is 16.8. The molecule has 0 bridgehead atoms. The van der Waals surface area contributed by atoms with Crippen molar-refractivity contribution in [2.45, 2.75) is 25.8 Å². The van der Waals surface area contributed by atoms with Crippen molar-refractivity contribution >= 4 is 17.3 Å². The van der Waals surface area contributed by atoms with Crippen LogP contribution in [0.5, 0.6) is 0 Å². The van der Waals surface area contributed by atoms with Crippen LogP contribution in [0.25, 0.3) is 0 Å². The molecule has 1 saturated heterocycles. The van der Waals surface area contributed by atoms with E-state index in [0.717, 1.165) is 51.1 Å². The Kier molecular flexibility index (Phi) is 4.70. The molecule has 2 aromatic carbocycles. The van der Waals surface area contributed by atoms with E-state index in [2.05, 4.69) is 51.9 Å². The fourth-order valence-corrected chi connectivity index (χ4v) is 3.87. The van der Waals surface area contributed by atoms with Crippen LogP contribution in [-0.4, -0.2) is 25.5 Å². The summed E-state index contributed by atoms with van der Waals surface area (Å²) < 4.78 is 0. The fraction of sp³-hybridized carbons (Fsp3) is 0.381. The van der Waals surface area contributed by atoms with Gasteiger partial charge in [0.15, 0.2) is 0 Å². The lowest BCUT2D eigenvalue weighted by molar-refractivity contribution is -0.120. The van der Waals surface area contributed by atoms with Crippen LogP contribution in [-0.2, 0) is 17.8 Å². The predicted molar refractivity (Wildman–Crippen MR) is 102 cm³/mol. The highest BCUT2D eigenvalue weighted by molar-refractivity contribution is 5.93. The van der Waals surface area contributed by atoms with Crippen LogP contribution in [0.3, 0.4) is 0 Å². The average Bonchev–Trinajstić information content (AvgIpc) is 3.07. The molecule has 1 fully saturated rings. The van der Waals surface area contributed by atoms with Gasteiger partial charge in [0.25, 0.3) is 0 Å². The first kappa shape index (κ1) is 16.2. The number of piperidine rings is 1. The first-order valence-electron chi connectivity index (χ1n) is 9.23. The maximum Gasteiger partial charge on any atom is 0.228 e. The van der Waals surface area contributed by atoms with Gasteiger partial charge in [-0.2, -0.15) is 0 Å². The number of hydrogen-bond donors (Lipinski definition) is 2. The van der Waals surface area contributed by atoms with Gasteiger partial charge < -0.3 is 15.5 Å². The molecule has 1 atom stereocenters. The number of fused-ring (bicyclic) bond motifs is 1. The summed E-state index contributed by atoms with van der Waals surface area (Å²) in [6.07, 6.45) is 3.14. The van der Waals surface area contributed by atoms with Crippen LogP contribution in [0.15, 0.2) is 48.5 Å². The minimum atomic E-state index is 0.0781. The van der Waals surface area contributed by atoms with Crippen molar-refractivity contribution in [1.29, 1.82) is 0 Å². The Bertz CT molecular complexity index is 752. The highest BCUT2D eigenvalue weighted by atomic mass is 16.1. The zero-order chi connectivity index (χ0) is 17.1. The van der Waals surface area contributed by atoms with Crippen molar-refractivity contribution in [3.63, 3.8) is 0 Å². The van der Waals surface area contributed by atoms with Gasteiger partial charge in [0.05, 0.1) is 5.92 Å². The van der Waals surface area contributed by atoms with E-state index in [1.807, 2.05) is 12.1 Å². The number of nitrogens with one attached hydrogen (secondary N) is 2. The normalized spacial score (nSPS) is 19.5. The van der Waals surface area contributed by atoms with Crippen LogP contribution < -0.4 is 15.5 Å². The molecule has 130 valence electrons.